The highest BCUT2D eigenvalue weighted by atomic mass is 35.5. The summed E-state index contributed by atoms with van der Waals surface area (Å²) in [5.41, 5.74) is 1.39. The van der Waals surface area contributed by atoms with Gasteiger partial charge in [0.25, 0.3) is 0 Å². The fourth-order valence-corrected chi connectivity index (χ4v) is 4.13. The molecule has 3 aromatic rings. The van der Waals surface area contributed by atoms with Gasteiger partial charge in [-0.2, -0.15) is 4.98 Å². The summed E-state index contributed by atoms with van der Waals surface area (Å²) in [6, 6.07) is 10.5. The molecule has 4 rings (SSSR count). The summed E-state index contributed by atoms with van der Waals surface area (Å²) >= 11 is 12.0. The van der Waals surface area contributed by atoms with E-state index < -0.39 is 0 Å². The zero-order valence-corrected chi connectivity index (χ0v) is 19.8. The summed E-state index contributed by atoms with van der Waals surface area (Å²) in [5, 5.41) is 7.88. The lowest BCUT2D eigenvalue weighted by Crippen LogP contribution is -2.40. The molecule has 1 aliphatic heterocycles. The lowest BCUT2D eigenvalue weighted by molar-refractivity contribution is -0.121. The van der Waals surface area contributed by atoms with Gasteiger partial charge in [0.15, 0.2) is 11.5 Å². The van der Waals surface area contributed by atoms with Crippen molar-refractivity contribution in [3.05, 3.63) is 52.3 Å². The Bertz CT molecular complexity index is 1140. The molecule has 0 bridgehead atoms. The van der Waals surface area contributed by atoms with E-state index >= 15 is 0 Å². The highest BCUT2D eigenvalue weighted by Gasteiger charge is 2.27. The number of halogens is 2. The molecule has 1 aromatic heterocycles. The number of hydrogen-bond acceptors (Lipinski definition) is 7. The Kier molecular flexibility index (Phi) is 7.37. The third-order valence-corrected chi connectivity index (χ3v) is 6.27. The summed E-state index contributed by atoms with van der Waals surface area (Å²) in [6.45, 7) is 1.92. The Morgan fingerprint density at radius 3 is 2.73 bits per heavy atom. The molecule has 1 fully saturated rings. The van der Waals surface area contributed by atoms with Crippen LogP contribution < -0.4 is 14.8 Å². The van der Waals surface area contributed by atoms with E-state index in [-0.39, 0.29) is 11.8 Å². The number of methoxy groups -OCH3 is 2. The van der Waals surface area contributed by atoms with Crippen LogP contribution in [-0.4, -0.2) is 48.3 Å². The molecule has 0 aliphatic carbocycles. The normalized spacial score (nSPS) is 16.4. The van der Waals surface area contributed by atoms with Gasteiger partial charge in [-0.1, -0.05) is 28.4 Å². The Hall–Kier alpha value is -2.81. The lowest BCUT2D eigenvalue weighted by atomic mass is 9.97. The molecule has 1 saturated heterocycles. The lowest BCUT2D eigenvalue weighted by Gasteiger charge is -2.30. The number of ether oxygens (including phenoxy) is 2. The van der Waals surface area contributed by atoms with Gasteiger partial charge < -0.3 is 19.3 Å². The van der Waals surface area contributed by atoms with E-state index in [1.165, 1.54) is 0 Å². The minimum atomic E-state index is -0.151. The van der Waals surface area contributed by atoms with E-state index in [9.17, 15) is 4.79 Å². The highest BCUT2D eigenvalue weighted by molar-refractivity contribution is 6.42. The predicted molar refractivity (Wildman–Crippen MR) is 126 cm³/mol. The SMILES string of the molecule is COc1ccc(-c2noc(CN3CCCC(C(=O)Nc4ccc(Cl)c(Cl)c4)C3)n2)cc1OC. The Balaban J connectivity index is 1.38. The van der Waals surface area contributed by atoms with E-state index in [1.54, 1.807) is 44.6 Å². The molecule has 174 valence electrons. The first-order chi connectivity index (χ1) is 16.0. The summed E-state index contributed by atoms with van der Waals surface area (Å²) in [7, 11) is 3.16. The molecule has 1 N–H and O–H groups in total. The third-order valence-electron chi connectivity index (χ3n) is 5.53. The average Bonchev–Trinajstić information content (AvgIpc) is 3.29. The molecular formula is C23H24Cl2N4O4. The molecule has 0 radical (unpaired) electrons. The van der Waals surface area contributed by atoms with Crippen LogP contribution >= 0.6 is 23.2 Å². The number of nitrogens with zero attached hydrogens (tertiary/aromatic N) is 3. The maximum Gasteiger partial charge on any atom is 0.241 e. The highest BCUT2D eigenvalue weighted by Crippen LogP contribution is 2.31. The number of carbonyl (C=O) groups excluding carboxylic acids is 1. The molecule has 2 heterocycles. The number of hydrogen-bond donors (Lipinski definition) is 1. The molecule has 10 heteroatoms. The number of rotatable bonds is 7. The summed E-state index contributed by atoms with van der Waals surface area (Å²) in [4.78, 5) is 19.4. The number of piperidine rings is 1. The predicted octanol–water partition coefficient (Wildman–Crippen LogP) is 4.91. The van der Waals surface area contributed by atoms with Gasteiger partial charge in [0, 0.05) is 17.8 Å². The number of benzene rings is 2. The molecular weight excluding hydrogens is 467 g/mol. The second kappa shape index (κ2) is 10.4. The van der Waals surface area contributed by atoms with E-state index in [1.807, 2.05) is 6.07 Å². The maximum absolute atomic E-state index is 12.8. The van der Waals surface area contributed by atoms with Gasteiger partial charge in [0.1, 0.15) is 0 Å². The summed E-state index contributed by atoms with van der Waals surface area (Å²) < 4.78 is 16.1. The largest absolute Gasteiger partial charge is 0.493 e. The second-order valence-electron chi connectivity index (χ2n) is 7.77. The quantitative estimate of drug-likeness (QED) is 0.502. The number of nitrogens with one attached hydrogen (secondary N) is 1. The van der Waals surface area contributed by atoms with Crippen molar-refractivity contribution >= 4 is 34.8 Å². The monoisotopic (exact) mass is 490 g/mol. The van der Waals surface area contributed by atoms with E-state index in [0.717, 1.165) is 24.9 Å². The van der Waals surface area contributed by atoms with Gasteiger partial charge >= 0.3 is 0 Å². The third kappa shape index (κ3) is 5.58. The first kappa shape index (κ1) is 23.4. The van der Waals surface area contributed by atoms with E-state index in [2.05, 4.69) is 20.4 Å². The van der Waals surface area contributed by atoms with Crippen LogP contribution in [0.15, 0.2) is 40.9 Å². The Morgan fingerprint density at radius 1 is 1.15 bits per heavy atom. The van der Waals surface area contributed by atoms with Crippen LogP contribution in [0.2, 0.25) is 10.0 Å². The van der Waals surface area contributed by atoms with Crippen molar-refractivity contribution in [3.63, 3.8) is 0 Å². The molecule has 1 unspecified atom stereocenters. The van der Waals surface area contributed by atoms with Crippen molar-refractivity contribution in [3.8, 4) is 22.9 Å². The minimum absolute atomic E-state index is 0.0466. The van der Waals surface area contributed by atoms with Crippen molar-refractivity contribution in [2.24, 2.45) is 5.92 Å². The maximum atomic E-state index is 12.8. The molecule has 1 amide bonds. The Labute approximate surface area is 201 Å². The van der Waals surface area contributed by atoms with Gasteiger partial charge in [-0.05, 0) is 55.8 Å². The molecule has 0 spiro atoms. The second-order valence-corrected chi connectivity index (χ2v) is 8.59. The fourth-order valence-electron chi connectivity index (χ4n) is 3.83. The average molecular weight is 491 g/mol. The van der Waals surface area contributed by atoms with Crippen molar-refractivity contribution in [2.75, 3.05) is 32.6 Å². The van der Waals surface area contributed by atoms with Gasteiger partial charge in [-0.3, -0.25) is 9.69 Å². The van der Waals surface area contributed by atoms with Crippen LogP contribution in [0, 0.1) is 5.92 Å². The van der Waals surface area contributed by atoms with Gasteiger partial charge in [-0.25, -0.2) is 0 Å². The van der Waals surface area contributed by atoms with Crippen molar-refractivity contribution in [1.29, 1.82) is 0 Å². The molecule has 8 nitrogen and oxygen atoms in total. The first-order valence-electron chi connectivity index (χ1n) is 10.5. The van der Waals surface area contributed by atoms with E-state index in [0.29, 0.717) is 52.0 Å². The zero-order valence-electron chi connectivity index (χ0n) is 18.3. The topological polar surface area (TPSA) is 89.7 Å². The molecule has 0 saturated carbocycles. The van der Waals surface area contributed by atoms with Crippen molar-refractivity contribution in [1.82, 2.24) is 15.0 Å². The number of carbonyl (C=O) groups is 1. The molecule has 33 heavy (non-hydrogen) atoms. The molecule has 2 aromatic carbocycles. The van der Waals surface area contributed by atoms with Gasteiger partial charge in [0.05, 0.1) is 36.7 Å². The summed E-state index contributed by atoms with van der Waals surface area (Å²) in [6.07, 6.45) is 1.71. The standard InChI is InChI=1S/C23H24Cl2N4O4/c1-31-19-8-5-14(10-20(19)32-2)22-27-21(33-28-22)13-29-9-3-4-15(12-29)23(30)26-16-6-7-17(24)18(25)11-16/h5-8,10-11,15H,3-4,9,12-13H2,1-2H3,(H,26,30). The number of anilines is 1. The van der Waals surface area contributed by atoms with Crippen LogP contribution in [0.3, 0.4) is 0 Å². The van der Waals surface area contributed by atoms with Gasteiger partial charge in [-0.15, -0.1) is 0 Å². The van der Waals surface area contributed by atoms with Gasteiger partial charge in [0.2, 0.25) is 17.6 Å². The fraction of sp³-hybridized carbons (Fsp3) is 0.348. The molecule has 1 aliphatic rings. The number of likely N-dealkylation sites (tertiary alicyclic amines) is 1. The first-order valence-corrected chi connectivity index (χ1v) is 11.3. The van der Waals surface area contributed by atoms with Crippen molar-refractivity contribution < 1.29 is 18.8 Å². The van der Waals surface area contributed by atoms with Crippen LogP contribution in [0.1, 0.15) is 18.7 Å². The Morgan fingerprint density at radius 2 is 1.97 bits per heavy atom. The summed E-state index contributed by atoms with van der Waals surface area (Å²) in [5.74, 6) is 1.98. The minimum Gasteiger partial charge on any atom is -0.493 e. The molecule has 1 atom stereocenters. The van der Waals surface area contributed by atoms with E-state index in [4.69, 9.17) is 37.2 Å². The van der Waals surface area contributed by atoms with Crippen molar-refractivity contribution in [2.45, 2.75) is 19.4 Å². The number of amides is 1. The van der Waals surface area contributed by atoms with Crippen LogP contribution in [0.4, 0.5) is 5.69 Å². The number of aromatic nitrogens is 2. The zero-order chi connectivity index (χ0) is 23.4. The van der Waals surface area contributed by atoms with Crippen LogP contribution in [0.25, 0.3) is 11.4 Å². The smallest absolute Gasteiger partial charge is 0.241 e. The van der Waals surface area contributed by atoms with Crippen LogP contribution in [-0.2, 0) is 11.3 Å². The van der Waals surface area contributed by atoms with Crippen LogP contribution in [0.5, 0.6) is 11.5 Å².